The topological polar surface area (TPSA) is 91.2 Å². The maximum absolute atomic E-state index is 12.7. The highest BCUT2D eigenvalue weighted by Crippen LogP contribution is 2.33. The molecule has 3 rings (SSSR count). The molecule has 2 N–H and O–H groups in total. The average molecular weight is 369 g/mol. The average Bonchev–Trinajstić information content (AvgIpc) is 3.52. The summed E-state index contributed by atoms with van der Waals surface area (Å²) in [5.41, 5.74) is 0.552. The minimum Gasteiger partial charge on any atom is -0.494 e. The lowest BCUT2D eigenvalue weighted by Gasteiger charge is -2.31. The van der Waals surface area contributed by atoms with Gasteiger partial charge >= 0.3 is 0 Å². The summed E-state index contributed by atoms with van der Waals surface area (Å²) in [6.45, 7) is 2.49. The molecule has 6 heteroatoms. The standard InChI is InChI=1S/C21H27N3O3/c1-2-27-16-11-9-15(10-12-16)20(25)23-18-6-4-3-5-17(18)21(26)24-19(13-22)14-7-8-14/h9-12,14,17-19H,2-8H2,1H3,(H,23,25)(H,24,26). The zero-order valence-corrected chi connectivity index (χ0v) is 15.7. The number of nitrogens with one attached hydrogen (secondary N) is 2. The molecule has 2 fully saturated rings. The fourth-order valence-corrected chi connectivity index (χ4v) is 3.68. The Morgan fingerprint density at radius 2 is 1.89 bits per heavy atom. The van der Waals surface area contributed by atoms with Gasteiger partial charge in [0.2, 0.25) is 5.91 Å². The van der Waals surface area contributed by atoms with Crippen molar-refractivity contribution in [2.24, 2.45) is 11.8 Å². The van der Waals surface area contributed by atoms with Crippen LogP contribution in [0, 0.1) is 23.2 Å². The molecule has 1 aromatic rings. The van der Waals surface area contributed by atoms with Crippen LogP contribution in [0.3, 0.4) is 0 Å². The first kappa shape index (κ1) is 19.2. The third kappa shape index (κ3) is 5.00. The predicted molar refractivity (Wildman–Crippen MR) is 101 cm³/mol. The van der Waals surface area contributed by atoms with Gasteiger partial charge in [0, 0.05) is 11.6 Å². The van der Waals surface area contributed by atoms with Crippen molar-refractivity contribution in [2.75, 3.05) is 6.61 Å². The van der Waals surface area contributed by atoms with Crippen LogP contribution in [0.15, 0.2) is 24.3 Å². The van der Waals surface area contributed by atoms with Crippen molar-refractivity contribution in [1.29, 1.82) is 5.26 Å². The number of benzene rings is 1. The van der Waals surface area contributed by atoms with Gasteiger partial charge in [-0.3, -0.25) is 9.59 Å². The van der Waals surface area contributed by atoms with E-state index in [1.807, 2.05) is 6.92 Å². The molecule has 0 bridgehead atoms. The van der Waals surface area contributed by atoms with Crippen LogP contribution in [0.5, 0.6) is 5.75 Å². The summed E-state index contributed by atoms with van der Waals surface area (Å²) >= 11 is 0. The minimum atomic E-state index is -0.401. The summed E-state index contributed by atoms with van der Waals surface area (Å²) in [7, 11) is 0. The van der Waals surface area contributed by atoms with Crippen LogP contribution >= 0.6 is 0 Å². The molecule has 3 unspecified atom stereocenters. The quantitative estimate of drug-likeness (QED) is 0.773. The van der Waals surface area contributed by atoms with E-state index in [-0.39, 0.29) is 23.8 Å². The molecule has 2 aliphatic rings. The summed E-state index contributed by atoms with van der Waals surface area (Å²) in [4.78, 5) is 25.3. The number of rotatable bonds is 7. The van der Waals surface area contributed by atoms with Crippen LogP contribution in [0.25, 0.3) is 0 Å². The summed E-state index contributed by atoms with van der Waals surface area (Å²) in [6.07, 6.45) is 5.48. The van der Waals surface area contributed by atoms with Gasteiger partial charge in [0.05, 0.1) is 18.6 Å². The lowest BCUT2D eigenvalue weighted by molar-refractivity contribution is -0.127. The Hall–Kier alpha value is -2.55. The lowest BCUT2D eigenvalue weighted by atomic mass is 9.83. The Labute approximate surface area is 160 Å². The predicted octanol–water partition coefficient (Wildman–Crippen LogP) is 2.79. The number of nitriles is 1. The van der Waals surface area contributed by atoms with Gasteiger partial charge in [0.15, 0.2) is 0 Å². The molecule has 27 heavy (non-hydrogen) atoms. The lowest BCUT2D eigenvalue weighted by Crippen LogP contribution is -2.50. The van der Waals surface area contributed by atoms with Crippen molar-refractivity contribution >= 4 is 11.8 Å². The normalized spacial score (nSPS) is 23.0. The first-order valence-electron chi connectivity index (χ1n) is 9.86. The molecular weight excluding hydrogens is 342 g/mol. The van der Waals surface area contributed by atoms with Gasteiger partial charge in [0.1, 0.15) is 11.8 Å². The molecule has 3 atom stereocenters. The van der Waals surface area contributed by atoms with Crippen LogP contribution in [0.4, 0.5) is 0 Å². The largest absolute Gasteiger partial charge is 0.494 e. The molecule has 2 aliphatic carbocycles. The monoisotopic (exact) mass is 369 g/mol. The van der Waals surface area contributed by atoms with Crippen molar-refractivity contribution in [3.63, 3.8) is 0 Å². The third-order valence-electron chi connectivity index (χ3n) is 5.38. The van der Waals surface area contributed by atoms with E-state index in [4.69, 9.17) is 4.74 Å². The van der Waals surface area contributed by atoms with Crippen molar-refractivity contribution < 1.29 is 14.3 Å². The molecule has 0 heterocycles. The van der Waals surface area contributed by atoms with Gasteiger partial charge in [-0.05, 0) is 62.8 Å². The van der Waals surface area contributed by atoms with E-state index < -0.39 is 6.04 Å². The Kier molecular flexibility index (Phi) is 6.33. The van der Waals surface area contributed by atoms with Crippen LogP contribution in [-0.4, -0.2) is 30.5 Å². The van der Waals surface area contributed by atoms with E-state index >= 15 is 0 Å². The Morgan fingerprint density at radius 1 is 1.19 bits per heavy atom. The zero-order valence-electron chi connectivity index (χ0n) is 15.7. The van der Waals surface area contributed by atoms with E-state index in [2.05, 4.69) is 16.7 Å². The van der Waals surface area contributed by atoms with Gasteiger partial charge in [-0.1, -0.05) is 12.8 Å². The van der Waals surface area contributed by atoms with Crippen molar-refractivity contribution in [3.05, 3.63) is 29.8 Å². The number of carbonyl (C=O) groups excluding carboxylic acids is 2. The van der Waals surface area contributed by atoms with Crippen LogP contribution in [0.2, 0.25) is 0 Å². The van der Waals surface area contributed by atoms with Gasteiger partial charge in [-0.2, -0.15) is 5.26 Å². The number of nitrogens with zero attached hydrogens (tertiary/aromatic N) is 1. The second-order valence-corrected chi connectivity index (χ2v) is 7.38. The van der Waals surface area contributed by atoms with E-state index in [0.717, 1.165) is 44.3 Å². The number of hydrogen-bond donors (Lipinski definition) is 2. The molecule has 0 aromatic heterocycles. The highest BCUT2D eigenvalue weighted by atomic mass is 16.5. The zero-order chi connectivity index (χ0) is 19.2. The van der Waals surface area contributed by atoms with E-state index in [0.29, 0.717) is 18.1 Å². The molecular formula is C21H27N3O3. The maximum atomic E-state index is 12.7. The molecule has 0 radical (unpaired) electrons. The van der Waals surface area contributed by atoms with Crippen LogP contribution < -0.4 is 15.4 Å². The van der Waals surface area contributed by atoms with Gasteiger partial charge < -0.3 is 15.4 Å². The summed E-state index contributed by atoms with van der Waals surface area (Å²) in [6, 6.07) is 8.62. The molecule has 0 spiro atoms. The summed E-state index contributed by atoms with van der Waals surface area (Å²) in [5.74, 6) is 0.456. The molecule has 6 nitrogen and oxygen atoms in total. The smallest absolute Gasteiger partial charge is 0.251 e. The second-order valence-electron chi connectivity index (χ2n) is 7.38. The van der Waals surface area contributed by atoms with Crippen molar-refractivity contribution in [2.45, 2.75) is 57.5 Å². The fraction of sp³-hybridized carbons (Fsp3) is 0.571. The Morgan fingerprint density at radius 3 is 2.52 bits per heavy atom. The third-order valence-corrected chi connectivity index (χ3v) is 5.38. The maximum Gasteiger partial charge on any atom is 0.251 e. The van der Waals surface area contributed by atoms with Gasteiger partial charge in [-0.25, -0.2) is 0 Å². The Balaban J connectivity index is 1.61. The minimum absolute atomic E-state index is 0.106. The van der Waals surface area contributed by atoms with Crippen LogP contribution in [-0.2, 0) is 4.79 Å². The van der Waals surface area contributed by atoms with E-state index in [9.17, 15) is 14.9 Å². The number of ether oxygens (including phenoxy) is 1. The molecule has 1 aromatic carbocycles. The van der Waals surface area contributed by atoms with Gasteiger partial charge in [-0.15, -0.1) is 0 Å². The first-order valence-corrected chi connectivity index (χ1v) is 9.86. The SMILES string of the molecule is CCOc1ccc(C(=O)NC2CCCCC2C(=O)NC(C#N)C2CC2)cc1. The number of carbonyl (C=O) groups is 2. The molecule has 2 amide bonds. The van der Waals surface area contributed by atoms with Crippen molar-refractivity contribution in [1.82, 2.24) is 10.6 Å². The fourth-order valence-electron chi connectivity index (χ4n) is 3.68. The highest BCUT2D eigenvalue weighted by Gasteiger charge is 2.37. The van der Waals surface area contributed by atoms with Crippen molar-refractivity contribution in [3.8, 4) is 11.8 Å². The highest BCUT2D eigenvalue weighted by molar-refractivity contribution is 5.95. The molecule has 2 saturated carbocycles. The first-order chi connectivity index (χ1) is 13.1. The number of hydrogen-bond acceptors (Lipinski definition) is 4. The van der Waals surface area contributed by atoms with E-state index in [1.54, 1.807) is 24.3 Å². The number of amides is 2. The van der Waals surface area contributed by atoms with Crippen LogP contribution in [0.1, 0.15) is 55.8 Å². The molecule has 0 saturated heterocycles. The molecule has 144 valence electrons. The summed E-state index contributed by atoms with van der Waals surface area (Å²) < 4.78 is 5.40. The van der Waals surface area contributed by atoms with E-state index in [1.165, 1.54) is 0 Å². The second kappa shape index (κ2) is 8.90. The summed E-state index contributed by atoms with van der Waals surface area (Å²) in [5, 5.41) is 15.2. The Bertz CT molecular complexity index is 706. The van der Waals surface area contributed by atoms with Gasteiger partial charge in [0.25, 0.3) is 5.91 Å². The molecule has 0 aliphatic heterocycles.